The molecule has 0 amide bonds. The standard InChI is InChI=1S/C22H29N3O2/c1-4-16-5-10-20(23-15-16)21(17-6-8-19(9-7-17)24(2)3)25-13-11-18(12-14-25)22(26)27/h5-10,15,18,21H,4,11-14H2,1-3H3,(H,26,27). The van der Waals surface area contributed by atoms with Crippen molar-refractivity contribution in [1.29, 1.82) is 0 Å². The van der Waals surface area contributed by atoms with Crippen LogP contribution in [0.25, 0.3) is 0 Å². The summed E-state index contributed by atoms with van der Waals surface area (Å²) in [5, 5.41) is 9.30. The van der Waals surface area contributed by atoms with Crippen LogP contribution in [0.4, 0.5) is 5.69 Å². The minimum atomic E-state index is -0.674. The molecule has 5 nitrogen and oxygen atoms in total. The van der Waals surface area contributed by atoms with E-state index in [1.165, 1.54) is 11.1 Å². The number of carboxylic acid groups (broad SMARTS) is 1. The third-order valence-corrected chi connectivity index (χ3v) is 5.51. The van der Waals surface area contributed by atoms with Crippen molar-refractivity contribution in [3.8, 4) is 0 Å². The lowest BCUT2D eigenvalue weighted by Crippen LogP contribution is -2.39. The highest BCUT2D eigenvalue weighted by molar-refractivity contribution is 5.70. The molecule has 0 saturated carbocycles. The number of benzene rings is 1. The largest absolute Gasteiger partial charge is 0.481 e. The van der Waals surface area contributed by atoms with Crippen LogP contribution in [0.1, 0.15) is 42.6 Å². The zero-order chi connectivity index (χ0) is 19.4. The van der Waals surface area contributed by atoms with E-state index in [-0.39, 0.29) is 12.0 Å². The van der Waals surface area contributed by atoms with Crippen molar-refractivity contribution in [2.75, 3.05) is 32.1 Å². The first kappa shape index (κ1) is 19.4. The van der Waals surface area contributed by atoms with E-state index < -0.39 is 5.97 Å². The van der Waals surface area contributed by atoms with Crippen LogP contribution >= 0.6 is 0 Å². The van der Waals surface area contributed by atoms with Gasteiger partial charge in [0, 0.05) is 26.0 Å². The molecule has 0 bridgehead atoms. The normalized spacial score (nSPS) is 16.9. The zero-order valence-corrected chi connectivity index (χ0v) is 16.4. The average molecular weight is 367 g/mol. The van der Waals surface area contributed by atoms with Crippen LogP contribution in [-0.2, 0) is 11.2 Å². The molecule has 1 aliphatic heterocycles. The molecule has 0 radical (unpaired) electrons. The monoisotopic (exact) mass is 367 g/mol. The Hall–Kier alpha value is -2.40. The summed E-state index contributed by atoms with van der Waals surface area (Å²) in [4.78, 5) is 20.5. The molecular formula is C22H29N3O2. The summed E-state index contributed by atoms with van der Waals surface area (Å²) in [5.74, 6) is -0.902. The summed E-state index contributed by atoms with van der Waals surface area (Å²) in [6, 6.07) is 12.9. The molecule has 1 atom stereocenters. The Balaban J connectivity index is 1.90. The van der Waals surface area contributed by atoms with Gasteiger partial charge in [0.15, 0.2) is 0 Å². The number of aliphatic carboxylic acids is 1. The van der Waals surface area contributed by atoms with Crippen LogP contribution in [0.2, 0.25) is 0 Å². The van der Waals surface area contributed by atoms with Crippen molar-refractivity contribution >= 4 is 11.7 Å². The van der Waals surface area contributed by atoms with E-state index in [0.717, 1.165) is 30.9 Å². The molecule has 1 N–H and O–H groups in total. The molecule has 1 fully saturated rings. The molecule has 0 spiro atoms. The van der Waals surface area contributed by atoms with Crippen molar-refractivity contribution in [2.24, 2.45) is 5.92 Å². The van der Waals surface area contributed by atoms with E-state index in [1.54, 1.807) is 0 Å². The summed E-state index contributed by atoms with van der Waals surface area (Å²) in [6.07, 6.45) is 4.31. The number of aromatic nitrogens is 1. The van der Waals surface area contributed by atoms with Gasteiger partial charge in [-0.25, -0.2) is 0 Å². The molecule has 1 aliphatic rings. The Kier molecular flexibility index (Phi) is 6.11. The highest BCUT2D eigenvalue weighted by Gasteiger charge is 2.30. The summed E-state index contributed by atoms with van der Waals surface area (Å²) < 4.78 is 0. The maximum Gasteiger partial charge on any atom is 0.306 e. The molecule has 1 aromatic carbocycles. The van der Waals surface area contributed by atoms with Gasteiger partial charge in [-0.3, -0.25) is 14.7 Å². The Labute approximate surface area is 161 Å². The first-order valence-corrected chi connectivity index (χ1v) is 9.68. The van der Waals surface area contributed by atoms with E-state index in [2.05, 4.69) is 53.1 Å². The van der Waals surface area contributed by atoms with E-state index in [0.29, 0.717) is 12.8 Å². The van der Waals surface area contributed by atoms with Crippen molar-refractivity contribution in [3.63, 3.8) is 0 Å². The van der Waals surface area contributed by atoms with Crippen molar-refractivity contribution in [3.05, 3.63) is 59.4 Å². The second kappa shape index (κ2) is 8.53. The smallest absolute Gasteiger partial charge is 0.306 e. The predicted octanol–water partition coefficient (Wildman–Crippen LogP) is 3.60. The maximum absolute atomic E-state index is 11.3. The minimum Gasteiger partial charge on any atom is -0.481 e. The Bertz CT molecular complexity index is 748. The van der Waals surface area contributed by atoms with Gasteiger partial charge in [0.1, 0.15) is 0 Å². The van der Waals surface area contributed by atoms with Crippen LogP contribution in [0, 0.1) is 5.92 Å². The van der Waals surface area contributed by atoms with Gasteiger partial charge in [-0.15, -0.1) is 0 Å². The fraction of sp³-hybridized carbons (Fsp3) is 0.455. The van der Waals surface area contributed by atoms with Crippen LogP contribution in [0.15, 0.2) is 42.6 Å². The van der Waals surface area contributed by atoms with Crippen LogP contribution in [0.5, 0.6) is 0 Å². The summed E-state index contributed by atoms with van der Waals surface area (Å²) in [5.41, 5.74) is 4.62. The van der Waals surface area contributed by atoms with Gasteiger partial charge in [0.05, 0.1) is 17.7 Å². The molecule has 1 aromatic heterocycles. The van der Waals surface area contributed by atoms with E-state index in [1.807, 2.05) is 20.3 Å². The van der Waals surface area contributed by atoms with E-state index in [4.69, 9.17) is 4.98 Å². The number of likely N-dealkylation sites (tertiary alicyclic amines) is 1. The number of carboxylic acids is 1. The molecular weight excluding hydrogens is 338 g/mol. The number of piperidine rings is 1. The van der Waals surface area contributed by atoms with Crippen molar-refractivity contribution in [2.45, 2.75) is 32.2 Å². The lowest BCUT2D eigenvalue weighted by molar-refractivity contribution is -0.143. The maximum atomic E-state index is 11.3. The quantitative estimate of drug-likeness (QED) is 0.845. The summed E-state index contributed by atoms with van der Waals surface area (Å²) in [6.45, 7) is 3.67. The molecule has 0 aliphatic carbocycles. The highest BCUT2D eigenvalue weighted by Crippen LogP contribution is 2.32. The van der Waals surface area contributed by atoms with Gasteiger partial charge in [0.25, 0.3) is 0 Å². The third kappa shape index (κ3) is 4.48. The number of nitrogens with zero attached hydrogens (tertiary/aromatic N) is 3. The second-order valence-corrected chi connectivity index (χ2v) is 7.48. The number of aryl methyl sites for hydroxylation is 1. The molecule has 1 saturated heterocycles. The predicted molar refractivity (Wildman–Crippen MR) is 108 cm³/mol. The number of rotatable bonds is 6. The molecule has 2 aromatic rings. The second-order valence-electron chi connectivity index (χ2n) is 7.48. The van der Waals surface area contributed by atoms with Gasteiger partial charge in [-0.2, -0.15) is 0 Å². The average Bonchev–Trinajstić information content (AvgIpc) is 2.69. The van der Waals surface area contributed by atoms with E-state index >= 15 is 0 Å². The van der Waals surface area contributed by atoms with Crippen molar-refractivity contribution < 1.29 is 9.90 Å². The third-order valence-electron chi connectivity index (χ3n) is 5.51. The molecule has 2 heterocycles. The van der Waals surface area contributed by atoms with Crippen molar-refractivity contribution in [1.82, 2.24) is 9.88 Å². The topological polar surface area (TPSA) is 56.7 Å². The molecule has 3 rings (SSSR count). The van der Waals surface area contributed by atoms with Gasteiger partial charge in [-0.05, 0) is 61.7 Å². The lowest BCUT2D eigenvalue weighted by Gasteiger charge is -2.36. The SMILES string of the molecule is CCc1ccc(C(c2ccc(N(C)C)cc2)N2CCC(C(=O)O)CC2)nc1. The van der Waals surface area contributed by atoms with Gasteiger partial charge in [0.2, 0.25) is 0 Å². The molecule has 144 valence electrons. The van der Waals surface area contributed by atoms with Crippen LogP contribution in [-0.4, -0.2) is 48.1 Å². The van der Waals surface area contributed by atoms with E-state index in [9.17, 15) is 9.90 Å². The fourth-order valence-corrected chi connectivity index (χ4v) is 3.73. The first-order chi connectivity index (χ1) is 13.0. The van der Waals surface area contributed by atoms with Crippen LogP contribution < -0.4 is 4.90 Å². The number of pyridine rings is 1. The first-order valence-electron chi connectivity index (χ1n) is 9.68. The molecule has 1 unspecified atom stereocenters. The highest BCUT2D eigenvalue weighted by atomic mass is 16.4. The Morgan fingerprint density at radius 2 is 1.85 bits per heavy atom. The summed E-state index contributed by atoms with van der Waals surface area (Å²) >= 11 is 0. The van der Waals surface area contributed by atoms with Gasteiger partial charge < -0.3 is 10.0 Å². The lowest BCUT2D eigenvalue weighted by atomic mass is 9.93. The number of hydrogen-bond acceptors (Lipinski definition) is 4. The summed E-state index contributed by atoms with van der Waals surface area (Å²) in [7, 11) is 4.07. The van der Waals surface area contributed by atoms with Crippen LogP contribution in [0.3, 0.4) is 0 Å². The van der Waals surface area contributed by atoms with Gasteiger partial charge >= 0.3 is 5.97 Å². The number of hydrogen-bond donors (Lipinski definition) is 1. The Morgan fingerprint density at radius 1 is 1.19 bits per heavy atom. The number of anilines is 1. The number of carbonyl (C=O) groups is 1. The minimum absolute atomic E-state index is 0.0573. The fourth-order valence-electron chi connectivity index (χ4n) is 3.73. The van der Waals surface area contributed by atoms with Gasteiger partial charge in [-0.1, -0.05) is 25.1 Å². The molecule has 5 heteroatoms. The Morgan fingerprint density at radius 3 is 2.33 bits per heavy atom. The zero-order valence-electron chi connectivity index (χ0n) is 16.4. The molecule has 27 heavy (non-hydrogen) atoms.